The SMILES string of the molecule is C.C.CC.CCO[C@@H]([C@H]1C[C@@H](C)[C@H]2[C@H](O1)[C@H](O)[C@@]1(C)[C@@H]3CC[C@H]4C(C)(C)[C@@H](O[C@H]5CN(C6CN(C7CCC7)C6)CCO5)CC[C@@]45CC35CC[C@]21C)C(C)(C)O.CCO[C@@H]([C@H]1C[C@@H](C)[C@H]2[C@H](O1)[C@H](O)[C@@]1(C)[C@@H]3CC[C@H]4C(C)(C)[C@@H](O[C@H]5CN(C6CNC6)CCO5)CC[C@@]45CC35CC[C@]21C)C(C)(C)O.[2H]C. The summed E-state index contributed by atoms with van der Waals surface area (Å²) in [5, 5.41) is 50.9. The van der Waals surface area contributed by atoms with Crippen LogP contribution in [0.5, 0.6) is 0 Å². The highest BCUT2D eigenvalue weighted by Gasteiger charge is 2.87. The number of rotatable bonds is 15. The molecule has 4 spiro atoms. The summed E-state index contributed by atoms with van der Waals surface area (Å²) >= 11 is 0. The molecule has 0 aromatic rings. The molecular weight excluding hydrogens is 1290 g/mol. The van der Waals surface area contributed by atoms with E-state index in [2.05, 4.69) is 89.3 Å². The summed E-state index contributed by atoms with van der Waals surface area (Å²) in [4.78, 5) is 7.94. The average molecular weight is 1450 g/mol. The third kappa shape index (κ3) is 12.0. The van der Waals surface area contributed by atoms with Gasteiger partial charge in [0.1, 0.15) is 12.2 Å². The molecule has 0 aromatic carbocycles. The number of nitrogens with zero attached hydrogens (tertiary/aromatic N) is 3. The number of fused-ring (bicyclic) bond motifs is 8. The van der Waals surface area contributed by atoms with Gasteiger partial charge in [-0.05, 0) is 248 Å². The molecule has 16 heteroatoms. The van der Waals surface area contributed by atoms with Crippen LogP contribution >= 0.6 is 0 Å². The fraction of sp³-hybridized carbons (Fsp3) is 1.00. The first-order valence-corrected chi connectivity index (χ1v) is 42.1. The standard InChI is InChI=1S/C43H72N2O6.C39H66N2O6.C2H6.3CH4/c1-9-48-37(39(5,6)47)29-21-26(2)34-35(50-29)36(46)41(8)31-14-13-30-38(3,4)32(15-16-42(30)25-43(31,42)18-17-40(34,41)7)51-33-24-44(19-20-49-33)28-22-45(23-28)27-11-10-12-27;1-9-44-33(35(5,6)43)25-18-23(2)30-31(46-25)32(42)37(8)27-11-10-26-34(3,4)28(47-29-21-41(16-17-45-29)24-19-40-20-24)12-13-38(26)22-39(27,38)15-14-36(30,37)7;1-2;;;/h26-37,46-47H,9-25H2,1-8H3;23-33,40,42-43H,9-22H2,1-8H3;1-2H3;3*1H4/t26-,29-,30+,31+,32+,33+,34+,35+,36+,37+,40-,41-,42-,43?;23-,25-,26+,27+,28+,29+,30+,31+,32+,33+,36-,37-,38-,39?;;;;/m11..../s1/i;;;1D;;. The Morgan fingerprint density at radius 2 is 0.903 bits per heavy atom. The molecule has 0 aromatic heterocycles. The Kier molecular flexibility index (Phi) is 22.2. The lowest BCUT2D eigenvalue weighted by Crippen LogP contribution is -2.66. The van der Waals surface area contributed by atoms with Gasteiger partial charge in [0, 0.05) is 95.9 Å². The molecule has 11 saturated carbocycles. The summed E-state index contributed by atoms with van der Waals surface area (Å²) in [7, 11) is 1.25. The molecule has 5 N–H and O–H groups in total. The molecule has 17 rings (SSSR count). The van der Waals surface area contributed by atoms with Crippen LogP contribution < -0.4 is 5.32 Å². The maximum atomic E-state index is 12.7. The Labute approximate surface area is 628 Å². The predicted octanol–water partition coefficient (Wildman–Crippen LogP) is 14.2. The number of hydrogen-bond donors (Lipinski definition) is 5. The second-order valence-corrected chi connectivity index (χ2v) is 40.5. The van der Waals surface area contributed by atoms with E-state index in [9.17, 15) is 20.4 Å². The molecule has 11 aliphatic carbocycles. The van der Waals surface area contributed by atoms with E-state index >= 15 is 0 Å². The summed E-state index contributed by atoms with van der Waals surface area (Å²) in [5.74, 6) is 3.75. The summed E-state index contributed by atoms with van der Waals surface area (Å²) < 4.78 is 58.6. The average Bonchev–Trinajstić information content (AvgIpc) is 1.46. The topological polar surface area (TPSA) is 177 Å². The van der Waals surface area contributed by atoms with Crippen molar-refractivity contribution in [2.24, 2.45) is 101 Å². The minimum absolute atomic E-state index is 0. The van der Waals surface area contributed by atoms with Gasteiger partial charge in [-0.15, -0.1) is 0 Å². The lowest BCUT2D eigenvalue weighted by Gasteiger charge is -2.64. The second-order valence-electron chi connectivity index (χ2n) is 40.5. The maximum Gasteiger partial charge on any atom is 0.170 e. The van der Waals surface area contributed by atoms with Gasteiger partial charge in [0.05, 0.1) is 73.2 Å². The van der Waals surface area contributed by atoms with E-state index in [1.807, 2.05) is 55.4 Å². The third-order valence-corrected chi connectivity index (χ3v) is 35.3. The van der Waals surface area contributed by atoms with Gasteiger partial charge >= 0.3 is 0 Å². The van der Waals surface area contributed by atoms with Gasteiger partial charge in [-0.3, -0.25) is 14.7 Å². The van der Waals surface area contributed by atoms with Crippen LogP contribution in [-0.2, 0) is 37.9 Å². The Hall–Kier alpha value is -0.640. The smallest absolute Gasteiger partial charge is 0.170 e. The van der Waals surface area contributed by atoms with Crippen molar-refractivity contribution < 1.29 is 59.7 Å². The van der Waals surface area contributed by atoms with Gasteiger partial charge in [0.25, 0.3) is 0 Å². The van der Waals surface area contributed by atoms with Crippen molar-refractivity contribution in [2.75, 3.05) is 78.8 Å². The van der Waals surface area contributed by atoms with Gasteiger partial charge in [-0.1, -0.05) is 112 Å². The summed E-state index contributed by atoms with van der Waals surface area (Å²) in [6, 6.07) is 2.16. The highest BCUT2D eigenvalue weighted by atomic mass is 16.7. The highest BCUT2D eigenvalue weighted by molar-refractivity contribution is 5.35. The van der Waals surface area contributed by atoms with Crippen molar-refractivity contribution in [1.82, 2.24) is 20.0 Å². The molecule has 6 aliphatic heterocycles. The van der Waals surface area contributed by atoms with Crippen molar-refractivity contribution in [3.8, 4) is 0 Å². The van der Waals surface area contributed by atoms with Gasteiger partial charge in [0.2, 0.25) is 0 Å². The van der Waals surface area contributed by atoms with E-state index in [1.54, 1.807) is 0 Å². The molecule has 596 valence electrons. The van der Waals surface area contributed by atoms with Crippen molar-refractivity contribution in [2.45, 2.75) is 372 Å². The molecule has 28 atom stereocenters. The van der Waals surface area contributed by atoms with E-state index in [1.165, 1.54) is 117 Å². The first-order valence-electron chi connectivity index (χ1n) is 43.1. The molecule has 0 radical (unpaired) electrons. The zero-order valence-corrected chi connectivity index (χ0v) is 67.1. The van der Waals surface area contributed by atoms with E-state index < -0.39 is 35.6 Å². The van der Waals surface area contributed by atoms with Gasteiger partial charge in [-0.2, -0.15) is 0 Å². The van der Waals surface area contributed by atoms with E-state index in [0.717, 1.165) is 84.2 Å². The van der Waals surface area contributed by atoms with Crippen molar-refractivity contribution in [3.05, 3.63) is 0 Å². The molecule has 6 heterocycles. The van der Waals surface area contributed by atoms with E-state index in [0.29, 0.717) is 94.3 Å². The Bertz CT molecular complexity index is 2920. The molecule has 17 fully saturated rings. The van der Waals surface area contributed by atoms with Crippen LogP contribution in [0.1, 0.15) is 270 Å². The minimum atomic E-state index is -1.01. The molecule has 2 unspecified atom stereocenters. The third-order valence-electron chi connectivity index (χ3n) is 35.3. The molecule has 0 bridgehead atoms. The van der Waals surface area contributed by atoms with E-state index in [4.69, 9.17) is 39.3 Å². The van der Waals surface area contributed by atoms with Gasteiger partial charge < -0.3 is 63.6 Å². The lowest BCUT2D eigenvalue weighted by atomic mass is 9.41. The first kappa shape index (κ1) is 80.4. The fourth-order valence-electron chi connectivity index (χ4n) is 30.2. The monoisotopic (exact) mass is 1450 g/mol. The molecule has 17 aliphatic rings. The number of likely N-dealkylation sites (tertiary alicyclic amines) is 1. The van der Waals surface area contributed by atoms with Crippen LogP contribution in [0.3, 0.4) is 0 Å². The summed E-state index contributed by atoms with van der Waals surface area (Å²) in [5.41, 5.74) is -0.794. The second kappa shape index (κ2) is 28.5. The number of nitrogens with one attached hydrogen (secondary N) is 1. The Balaban J connectivity index is 0.000000184. The number of aliphatic hydroxyl groups excluding tert-OH is 2. The predicted molar refractivity (Wildman–Crippen MR) is 409 cm³/mol. The van der Waals surface area contributed by atoms with Gasteiger partial charge in [-0.25, -0.2) is 0 Å². The largest absolute Gasteiger partial charge is 0.390 e. The lowest BCUT2D eigenvalue weighted by molar-refractivity contribution is -0.254. The molecule has 6 saturated heterocycles. The quantitative estimate of drug-likeness (QED) is 0.105. The van der Waals surface area contributed by atoms with Crippen molar-refractivity contribution in [1.29, 1.82) is 0 Å². The zero-order chi connectivity index (χ0) is 73.3. The highest BCUT2D eigenvalue weighted by Crippen LogP contribution is 2.91. The van der Waals surface area contributed by atoms with E-state index in [-0.39, 0.29) is 96.5 Å². The van der Waals surface area contributed by atoms with Gasteiger partial charge in [0.15, 0.2) is 12.6 Å². The fourth-order valence-corrected chi connectivity index (χ4v) is 30.2. The van der Waals surface area contributed by atoms with Crippen LogP contribution in [0.2, 0.25) is 0 Å². The van der Waals surface area contributed by atoms with Crippen LogP contribution in [0.25, 0.3) is 0 Å². The number of morpholine rings is 2. The molecule has 103 heavy (non-hydrogen) atoms. The minimum Gasteiger partial charge on any atom is -0.390 e. The summed E-state index contributed by atoms with van der Waals surface area (Å²) in [6.07, 6.45) is 20.6. The van der Waals surface area contributed by atoms with Crippen molar-refractivity contribution >= 4 is 0 Å². The van der Waals surface area contributed by atoms with Crippen LogP contribution in [0, 0.1) is 101 Å². The maximum absolute atomic E-state index is 12.7. The first-order chi connectivity index (χ1) is 48.2. The summed E-state index contributed by atoms with van der Waals surface area (Å²) in [6.45, 7) is 51.3. The molecule has 0 amide bonds. The number of hydrogen-bond acceptors (Lipinski definition) is 16. The van der Waals surface area contributed by atoms with Crippen LogP contribution in [0.15, 0.2) is 0 Å². The molecular formula is C87H156N4O12. The normalized spacial score (nSPS) is 50.1. The number of ether oxygens (including phenoxy) is 8. The van der Waals surface area contributed by atoms with Crippen LogP contribution in [-0.4, -0.2) is 217 Å². The Morgan fingerprint density at radius 1 is 0.515 bits per heavy atom. The zero-order valence-electron chi connectivity index (χ0n) is 68.1. The molecule has 16 nitrogen and oxygen atoms in total. The Morgan fingerprint density at radius 3 is 1.26 bits per heavy atom. The van der Waals surface area contributed by atoms with Crippen molar-refractivity contribution in [3.63, 3.8) is 0 Å². The van der Waals surface area contributed by atoms with Crippen LogP contribution in [0.4, 0.5) is 0 Å². The number of aliphatic hydroxyl groups is 4.